The standard InChI is InChI=1S/C10H11ClN2O4/c1-2-3-4-17-10(14)8-5-7(13(15)16)6-12-9(8)11/h5-6H,2-4H2,1H3. The first kappa shape index (κ1) is 13.4. The van der Waals surface area contributed by atoms with E-state index in [4.69, 9.17) is 16.3 Å². The summed E-state index contributed by atoms with van der Waals surface area (Å²) in [6, 6.07) is 1.06. The summed E-state index contributed by atoms with van der Waals surface area (Å²) in [6.07, 6.45) is 2.60. The normalized spacial score (nSPS) is 10.0. The number of carbonyl (C=O) groups excluding carboxylic acids is 1. The Balaban J connectivity index is 2.84. The minimum absolute atomic E-state index is 0.0861. The minimum Gasteiger partial charge on any atom is -0.462 e. The molecule has 0 amide bonds. The molecule has 0 N–H and O–H groups in total. The molecule has 0 saturated carbocycles. The highest BCUT2D eigenvalue weighted by Crippen LogP contribution is 2.19. The molecule has 0 aromatic carbocycles. The molecule has 1 heterocycles. The topological polar surface area (TPSA) is 82.3 Å². The SMILES string of the molecule is CCCCOC(=O)c1cc([N+](=O)[O-])cnc1Cl. The third-order valence-electron chi connectivity index (χ3n) is 1.99. The van der Waals surface area contributed by atoms with Gasteiger partial charge in [-0.1, -0.05) is 24.9 Å². The highest BCUT2D eigenvalue weighted by molar-refractivity contribution is 6.32. The number of rotatable bonds is 5. The maximum atomic E-state index is 11.5. The monoisotopic (exact) mass is 258 g/mol. The number of hydrogen-bond donors (Lipinski definition) is 0. The maximum absolute atomic E-state index is 11.5. The number of halogens is 1. The fourth-order valence-corrected chi connectivity index (χ4v) is 1.25. The van der Waals surface area contributed by atoms with Crippen molar-refractivity contribution in [2.24, 2.45) is 0 Å². The zero-order valence-corrected chi connectivity index (χ0v) is 9.94. The van der Waals surface area contributed by atoms with Crippen LogP contribution in [0.2, 0.25) is 5.15 Å². The summed E-state index contributed by atoms with van der Waals surface area (Å²) >= 11 is 5.67. The van der Waals surface area contributed by atoms with Gasteiger partial charge in [0, 0.05) is 6.07 Å². The molecule has 0 radical (unpaired) electrons. The van der Waals surface area contributed by atoms with E-state index in [2.05, 4.69) is 4.98 Å². The van der Waals surface area contributed by atoms with E-state index in [-0.39, 0.29) is 23.0 Å². The van der Waals surface area contributed by atoms with E-state index >= 15 is 0 Å². The van der Waals surface area contributed by atoms with Crippen LogP contribution in [-0.4, -0.2) is 22.5 Å². The first-order valence-electron chi connectivity index (χ1n) is 5.03. The van der Waals surface area contributed by atoms with Gasteiger partial charge in [-0.05, 0) is 6.42 Å². The number of unbranched alkanes of at least 4 members (excludes halogenated alkanes) is 1. The van der Waals surface area contributed by atoms with Gasteiger partial charge in [-0.15, -0.1) is 0 Å². The van der Waals surface area contributed by atoms with Gasteiger partial charge in [0.15, 0.2) is 0 Å². The molecule has 0 aliphatic rings. The third kappa shape index (κ3) is 3.67. The quantitative estimate of drug-likeness (QED) is 0.266. The van der Waals surface area contributed by atoms with Gasteiger partial charge in [-0.3, -0.25) is 10.1 Å². The Kier molecular flexibility index (Phi) is 4.84. The van der Waals surface area contributed by atoms with E-state index in [1.807, 2.05) is 6.92 Å². The zero-order chi connectivity index (χ0) is 12.8. The van der Waals surface area contributed by atoms with Crippen molar-refractivity contribution in [1.29, 1.82) is 0 Å². The zero-order valence-electron chi connectivity index (χ0n) is 9.18. The van der Waals surface area contributed by atoms with Crippen molar-refractivity contribution in [2.75, 3.05) is 6.61 Å². The van der Waals surface area contributed by atoms with Gasteiger partial charge in [-0.25, -0.2) is 9.78 Å². The van der Waals surface area contributed by atoms with Crippen molar-refractivity contribution in [2.45, 2.75) is 19.8 Å². The lowest BCUT2D eigenvalue weighted by Crippen LogP contribution is -2.08. The van der Waals surface area contributed by atoms with E-state index in [0.717, 1.165) is 25.1 Å². The van der Waals surface area contributed by atoms with Crippen LogP contribution in [0.4, 0.5) is 5.69 Å². The number of esters is 1. The molecule has 6 nitrogen and oxygen atoms in total. The molecule has 0 aliphatic carbocycles. The van der Waals surface area contributed by atoms with Crippen molar-refractivity contribution in [3.63, 3.8) is 0 Å². The van der Waals surface area contributed by atoms with Crippen molar-refractivity contribution in [3.8, 4) is 0 Å². The lowest BCUT2D eigenvalue weighted by atomic mass is 10.2. The summed E-state index contributed by atoms with van der Waals surface area (Å²) in [5.41, 5.74) is -0.381. The Labute approximate surface area is 103 Å². The minimum atomic E-state index is -0.695. The summed E-state index contributed by atoms with van der Waals surface area (Å²) in [6.45, 7) is 2.21. The lowest BCUT2D eigenvalue weighted by molar-refractivity contribution is -0.385. The highest BCUT2D eigenvalue weighted by atomic mass is 35.5. The maximum Gasteiger partial charge on any atom is 0.341 e. The summed E-state index contributed by atoms with van der Waals surface area (Å²) in [5.74, 6) is -0.695. The van der Waals surface area contributed by atoms with Gasteiger partial charge in [0.05, 0.1) is 11.5 Å². The number of pyridine rings is 1. The molecular weight excluding hydrogens is 248 g/mol. The fraction of sp³-hybridized carbons (Fsp3) is 0.400. The number of aromatic nitrogens is 1. The van der Waals surface area contributed by atoms with Crippen LogP contribution < -0.4 is 0 Å². The number of nitrogens with zero attached hydrogens (tertiary/aromatic N) is 2. The third-order valence-corrected chi connectivity index (χ3v) is 2.29. The summed E-state index contributed by atoms with van der Waals surface area (Å²) in [5, 5.41) is 10.4. The van der Waals surface area contributed by atoms with Gasteiger partial charge in [0.1, 0.15) is 16.9 Å². The molecule has 0 aliphatic heterocycles. The van der Waals surface area contributed by atoms with Gasteiger partial charge in [0.2, 0.25) is 0 Å². The van der Waals surface area contributed by atoms with Crippen molar-refractivity contribution < 1.29 is 14.5 Å². The van der Waals surface area contributed by atoms with Gasteiger partial charge in [0.25, 0.3) is 5.69 Å². The molecule has 1 aromatic rings. The van der Waals surface area contributed by atoms with E-state index < -0.39 is 10.9 Å². The lowest BCUT2D eigenvalue weighted by Gasteiger charge is -2.04. The molecule has 1 rings (SSSR count). The van der Waals surface area contributed by atoms with Gasteiger partial charge in [-0.2, -0.15) is 0 Å². The Morgan fingerprint density at radius 2 is 2.35 bits per heavy atom. The number of ether oxygens (including phenoxy) is 1. The number of hydrogen-bond acceptors (Lipinski definition) is 5. The Bertz CT molecular complexity index is 436. The van der Waals surface area contributed by atoms with Crippen LogP contribution in [0.5, 0.6) is 0 Å². The van der Waals surface area contributed by atoms with Crippen LogP contribution in [0, 0.1) is 10.1 Å². The summed E-state index contributed by atoms with van der Waals surface area (Å²) in [7, 11) is 0. The molecular formula is C10H11ClN2O4. The molecule has 0 fully saturated rings. The van der Waals surface area contributed by atoms with Crippen LogP contribution in [-0.2, 0) is 4.74 Å². The molecule has 0 unspecified atom stereocenters. The smallest absolute Gasteiger partial charge is 0.341 e. The largest absolute Gasteiger partial charge is 0.462 e. The van der Waals surface area contributed by atoms with Crippen LogP contribution in [0.1, 0.15) is 30.1 Å². The van der Waals surface area contributed by atoms with Crippen LogP contribution in [0.25, 0.3) is 0 Å². The predicted molar refractivity (Wildman–Crippen MR) is 61.1 cm³/mol. The first-order valence-corrected chi connectivity index (χ1v) is 5.41. The Morgan fingerprint density at radius 1 is 1.65 bits per heavy atom. The fourth-order valence-electron chi connectivity index (χ4n) is 1.07. The molecule has 0 saturated heterocycles. The number of carbonyl (C=O) groups is 1. The first-order chi connectivity index (χ1) is 8.06. The molecule has 17 heavy (non-hydrogen) atoms. The Hall–Kier alpha value is -1.69. The van der Waals surface area contributed by atoms with Gasteiger partial charge < -0.3 is 4.74 Å². The summed E-state index contributed by atoms with van der Waals surface area (Å²) in [4.78, 5) is 25.0. The van der Waals surface area contributed by atoms with E-state index in [0.29, 0.717) is 0 Å². The molecule has 0 spiro atoms. The highest BCUT2D eigenvalue weighted by Gasteiger charge is 2.18. The van der Waals surface area contributed by atoms with Crippen molar-refractivity contribution >= 4 is 23.3 Å². The average Bonchev–Trinajstić information content (AvgIpc) is 2.29. The van der Waals surface area contributed by atoms with Crippen molar-refractivity contribution in [3.05, 3.63) is 33.1 Å². The second-order valence-corrected chi connectivity index (χ2v) is 3.64. The molecule has 92 valence electrons. The van der Waals surface area contributed by atoms with Crippen LogP contribution >= 0.6 is 11.6 Å². The van der Waals surface area contributed by atoms with E-state index in [9.17, 15) is 14.9 Å². The number of nitro groups is 1. The van der Waals surface area contributed by atoms with Gasteiger partial charge >= 0.3 is 5.97 Å². The van der Waals surface area contributed by atoms with Crippen LogP contribution in [0.3, 0.4) is 0 Å². The van der Waals surface area contributed by atoms with E-state index in [1.54, 1.807) is 0 Å². The molecule has 0 atom stereocenters. The predicted octanol–water partition coefficient (Wildman–Crippen LogP) is 2.60. The van der Waals surface area contributed by atoms with E-state index in [1.165, 1.54) is 0 Å². The second kappa shape index (κ2) is 6.15. The summed E-state index contributed by atoms with van der Waals surface area (Å²) < 4.78 is 4.90. The molecule has 1 aromatic heterocycles. The molecule has 7 heteroatoms. The second-order valence-electron chi connectivity index (χ2n) is 3.28. The molecule has 0 bridgehead atoms. The average molecular weight is 259 g/mol. The Morgan fingerprint density at radius 3 is 2.94 bits per heavy atom. The van der Waals surface area contributed by atoms with Crippen LogP contribution in [0.15, 0.2) is 12.3 Å². The van der Waals surface area contributed by atoms with Crippen molar-refractivity contribution in [1.82, 2.24) is 4.98 Å².